The van der Waals surface area contributed by atoms with Crippen LogP contribution in [0.15, 0.2) is 42.2 Å². The molecule has 0 fully saturated rings. The van der Waals surface area contributed by atoms with Crippen LogP contribution in [-0.2, 0) is 16.0 Å². The predicted molar refractivity (Wildman–Crippen MR) is 110 cm³/mol. The van der Waals surface area contributed by atoms with Crippen molar-refractivity contribution in [1.29, 1.82) is 0 Å². The number of carbonyl (C=O) groups is 1. The molecule has 3 heteroatoms. The van der Waals surface area contributed by atoms with Crippen LogP contribution in [0.25, 0.3) is 16.7 Å². The number of carbonyl (C=O) groups excluding carboxylic acids is 1. The second kappa shape index (κ2) is 6.97. The number of aliphatic hydroxyl groups excluding tert-OH is 1. The van der Waals surface area contributed by atoms with Gasteiger partial charge < -0.3 is 9.84 Å². The van der Waals surface area contributed by atoms with E-state index in [0.717, 1.165) is 28.7 Å². The fourth-order valence-electron chi connectivity index (χ4n) is 3.86. The molecule has 3 rings (SSSR count). The van der Waals surface area contributed by atoms with E-state index in [4.69, 9.17) is 4.74 Å². The summed E-state index contributed by atoms with van der Waals surface area (Å²) in [7, 11) is 0. The van der Waals surface area contributed by atoms with E-state index in [2.05, 4.69) is 51.1 Å². The van der Waals surface area contributed by atoms with E-state index >= 15 is 0 Å². The van der Waals surface area contributed by atoms with Gasteiger partial charge in [0.2, 0.25) is 0 Å². The van der Waals surface area contributed by atoms with Gasteiger partial charge in [-0.1, -0.05) is 42.8 Å². The molecule has 0 aliphatic carbocycles. The largest absolute Gasteiger partial charge is 0.508 e. The van der Waals surface area contributed by atoms with Gasteiger partial charge in [-0.3, -0.25) is 4.79 Å². The Balaban J connectivity index is 2.24. The Morgan fingerprint density at radius 2 is 1.78 bits per heavy atom. The average Bonchev–Trinajstić information content (AvgIpc) is 2.60. The van der Waals surface area contributed by atoms with Crippen molar-refractivity contribution in [1.82, 2.24) is 0 Å². The van der Waals surface area contributed by atoms with E-state index < -0.39 is 11.7 Å². The highest BCUT2D eigenvalue weighted by Gasteiger charge is 2.40. The minimum absolute atomic E-state index is 0.0121. The summed E-state index contributed by atoms with van der Waals surface area (Å²) >= 11 is 0. The van der Waals surface area contributed by atoms with Gasteiger partial charge in [0.25, 0.3) is 0 Å². The van der Waals surface area contributed by atoms with Crippen molar-refractivity contribution in [2.75, 3.05) is 0 Å². The van der Waals surface area contributed by atoms with Crippen molar-refractivity contribution in [2.24, 2.45) is 0 Å². The summed E-state index contributed by atoms with van der Waals surface area (Å²) in [5.41, 5.74) is 5.95. The summed E-state index contributed by atoms with van der Waals surface area (Å²) in [6.45, 7) is 11.6. The smallest absolute Gasteiger partial charge is 0.195 e. The van der Waals surface area contributed by atoms with Gasteiger partial charge in [-0.25, -0.2) is 0 Å². The van der Waals surface area contributed by atoms with Crippen LogP contribution in [0.5, 0.6) is 0 Å². The average molecular weight is 364 g/mol. The zero-order valence-electron chi connectivity index (χ0n) is 17.0. The first-order valence-corrected chi connectivity index (χ1v) is 9.52. The lowest BCUT2D eigenvalue weighted by Crippen LogP contribution is -2.42. The van der Waals surface area contributed by atoms with Crippen molar-refractivity contribution >= 4 is 11.4 Å². The van der Waals surface area contributed by atoms with Crippen LogP contribution < -0.4 is 0 Å². The maximum absolute atomic E-state index is 12.9. The van der Waals surface area contributed by atoms with Gasteiger partial charge in [-0.05, 0) is 74.9 Å². The fraction of sp³-hybridized carbons (Fsp3) is 0.375. The van der Waals surface area contributed by atoms with E-state index in [1.54, 1.807) is 20.8 Å². The third kappa shape index (κ3) is 3.44. The van der Waals surface area contributed by atoms with Gasteiger partial charge in [-0.2, -0.15) is 0 Å². The van der Waals surface area contributed by atoms with Crippen molar-refractivity contribution in [2.45, 2.75) is 59.7 Å². The number of ether oxygens (including phenoxy) is 1. The number of ketones is 1. The lowest BCUT2D eigenvalue weighted by molar-refractivity contribution is -0.137. The van der Waals surface area contributed by atoms with E-state index in [9.17, 15) is 9.90 Å². The van der Waals surface area contributed by atoms with Crippen LogP contribution >= 0.6 is 0 Å². The van der Waals surface area contributed by atoms with E-state index in [1.165, 1.54) is 11.1 Å². The van der Waals surface area contributed by atoms with Crippen molar-refractivity contribution in [3.8, 4) is 11.1 Å². The third-order valence-electron chi connectivity index (χ3n) is 5.35. The zero-order chi connectivity index (χ0) is 19.9. The van der Waals surface area contributed by atoms with Crippen LogP contribution in [0.4, 0.5) is 0 Å². The van der Waals surface area contributed by atoms with Crippen LogP contribution in [0.1, 0.15) is 49.9 Å². The maximum atomic E-state index is 12.9. The number of rotatable bonds is 3. The first kappa shape index (κ1) is 19.4. The number of aryl methyl sites for hydroxylation is 3. The maximum Gasteiger partial charge on any atom is 0.195 e. The predicted octanol–water partition coefficient (Wildman–Crippen LogP) is 5.57. The monoisotopic (exact) mass is 364 g/mol. The quantitative estimate of drug-likeness (QED) is 0.774. The lowest BCUT2D eigenvalue weighted by atomic mass is 9.84. The molecule has 142 valence electrons. The number of Topliss-reactive ketones (excluding diaryl/α,β-unsaturated/α-hetero) is 1. The Morgan fingerprint density at radius 1 is 1.07 bits per heavy atom. The minimum Gasteiger partial charge on any atom is -0.508 e. The van der Waals surface area contributed by atoms with Gasteiger partial charge in [0.15, 0.2) is 5.78 Å². The highest BCUT2D eigenvalue weighted by molar-refractivity contribution is 6.24. The molecule has 0 aromatic heterocycles. The first-order valence-electron chi connectivity index (χ1n) is 9.52. The normalized spacial score (nSPS) is 19.5. The molecule has 2 aromatic rings. The molecule has 0 saturated heterocycles. The molecule has 0 spiro atoms. The summed E-state index contributed by atoms with van der Waals surface area (Å²) in [5.74, 6) is -0.155. The van der Waals surface area contributed by atoms with Crippen LogP contribution in [-0.4, -0.2) is 22.6 Å². The SMILES string of the molecule is CCc1ccc(-c2ccc(C)cc2C)cc1C1=C(O)C(C)(C)OC(C)C1=O. The third-order valence-corrected chi connectivity index (χ3v) is 5.35. The van der Waals surface area contributed by atoms with Crippen molar-refractivity contribution < 1.29 is 14.6 Å². The van der Waals surface area contributed by atoms with Gasteiger partial charge in [0.1, 0.15) is 17.5 Å². The molecule has 27 heavy (non-hydrogen) atoms. The van der Waals surface area contributed by atoms with Crippen LogP contribution in [0.3, 0.4) is 0 Å². The topological polar surface area (TPSA) is 46.5 Å². The second-order valence-corrected chi connectivity index (χ2v) is 7.90. The Kier molecular flexibility index (Phi) is 5.00. The molecule has 1 atom stereocenters. The molecule has 0 saturated carbocycles. The molecule has 0 bridgehead atoms. The van der Waals surface area contributed by atoms with Gasteiger partial charge in [-0.15, -0.1) is 0 Å². The summed E-state index contributed by atoms with van der Waals surface area (Å²) in [6.07, 6.45) is 0.197. The molecular formula is C24H28O3. The molecule has 1 N–H and O–H groups in total. The molecule has 1 unspecified atom stereocenters. The van der Waals surface area contributed by atoms with Gasteiger partial charge >= 0.3 is 0 Å². The standard InChI is InChI=1S/C24H28O3/c1-7-17-9-10-18(19-11-8-14(2)12-15(19)3)13-20(17)21-22(25)16(4)27-24(5,6)23(21)26/h8-13,16,26H,7H2,1-6H3. The zero-order valence-corrected chi connectivity index (χ0v) is 17.0. The highest BCUT2D eigenvalue weighted by Crippen LogP contribution is 2.38. The van der Waals surface area contributed by atoms with Gasteiger partial charge in [0.05, 0.1) is 5.57 Å². The summed E-state index contributed by atoms with van der Waals surface area (Å²) in [4.78, 5) is 12.9. The molecule has 1 heterocycles. The molecule has 1 aliphatic heterocycles. The van der Waals surface area contributed by atoms with Crippen molar-refractivity contribution in [3.63, 3.8) is 0 Å². The van der Waals surface area contributed by atoms with E-state index in [0.29, 0.717) is 5.57 Å². The Morgan fingerprint density at radius 3 is 2.41 bits per heavy atom. The van der Waals surface area contributed by atoms with E-state index in [1.807, 2.05) is 6.07 Å². The molecule has 0 amide bonds. The summed E-state index contributed by atoms with van der Waals surface area (Å²) < 4.78 is 5.71. The lowest BCUT2D eigenvalue weighted by Gasteiger charge is -2.35. The number of benzene rings is 2. The van der Waals surface area contributed by atoms with Gasteiger partial charge in [0, 0.05) is 0 Å². The highest BCUT2D eigenvalue weighted by atomic mass is 16.5. The number of aliphatic hydroxyl groups is 1. The summed E-state index contributed by atoms with van der Waals surface area (Å²) in [5, 5.41) is 10.8. The number of hydrogen-bond donors (Lipinski definition) is 1. The minimum atomic E-state index is -0.885. The number of hydrogen-bond acceptors (Lipinski definition) is 3. The Labute approximate surface area is 161 Å². The molecule has 1 aliphatic rings. The summed E-state index contributed by atoms with van der Waals surface area (Å²) in [6, 6.07) is 12.6. The van der Waals surface area contributed by atoms with E-state index in [-0.39, 0.29) is 11.5 Å². The van der Waals surface area contributed by atoms with Crippen molar-refractivity contribution in [3.05, 3.63) is 64.4 Å². The molecule has 2 aromatic carbocycles. The van der Waals surface area contributed by atoms with Crippen LogP contribution in [0.2, 0.25) is 0 Å². The fourth-order valence-corrected chi connectivity index (χ4v) is 3.86. The molecular weight excluding hydrogens is 336 g/mol. The molecule has 3 nitrogen and oxygen atoms in total. The Bertz CT molecular complexity index is 935. The second-order valence-electron chi connectivity index (χ2n) is 7.90. The Hall–Kier alpha value is -2.39. The first-order chi connectivity index (χ1) is 12.7. The molecule has 0 radical (unpaired) electrons. The van der Waals surface area contributed by atoms with Crippen LogP contribution in [0, 0.1) is 13.8 Å².